The van der Waals surface area contributed by atoms with Gasteiger partial charge in [0.15, 0.2) is 11.6 Å². The minimum Gasteiger partial charge on any atom is -0.495 e. The summed E-state index contributed by atoms with van der Waals surface area (Å²) >= 11 is 2.51. The molecule has 2 heterocycles. The molecule has 220 valence electrons. The van der Waals surface area contributed by atoms with Crippen molar-refractivity contribution < 1.29 is 43.7 Å². The molecule has 0 bridgehead atoms. The first-order chi connectivity index (χ1) is 20.1. The van der Waals surface area contributed by atoms with E-state index in [4.69, 9.17) is 19.7 Å². The first kappa shape index (κ1) is 30.5. The van der Waals surface area contributed by atoms with Crippen molar-refractivity contribution in [3.8, 4) is 11.5 Å². The molecular weight excluding hydrogens is 584 g/mol. The van der Waals surface area contributed by atoms with Crippen LogP contribution in [-0.2, 0) is 14.4 Å². The maximum Gasteiger partial charge on any atom is 0.303 e. The van der Waals surface area contributed by atoms with Crippen molar-refractivity contribution in [1.29, 1.82) is 0 Å². The fraction of sp³-hybridized carbons (Fsp3) is 0.276. The summed E-state index contributed by atoms with van der Waals surface area (Å²) in [4.78, 5) is 60.0. The second-order valence-electron chi connectivity index (χ2n) is 9.26. The summed E-state index contributed by atoms with van der Waals surface area (Å²) in [5.41, 5.74) is 1.08. The molecule has 0 aliphatic carbocycles. The Balaban J connectivity index is 1.41. The molecule has 4 N–H and O–H groups in total. The van der Waals surface area contributed by atoms with E-state index >= 15 is 0 Å². The first-order valence-electron chi connectivity index (χ1n) is 12.8. The van der Waals surface area contributed by atoms with Crippen LogP contribution in [0.25, 0.3) is 20.2 Å². The molecule has 4 rings (SSSR count). The molecule has 0 saturated heterocycles. The van der Waals surface area contributed by atoms with Gasteiger partial charge in [-0.15, -0.1) is 22.7 Å². The molecule has 0 fully saturated rings. The predicted molar refractivity (Wildman–Crippen MR) is 161 cm³/mol. The van der Waals surface area contributed by atoms with Gasteiger partial charge in [0, 0.05) is 47.3 Å². The largest absolute Gasteiger partial charge is 0.495 e. The van der Waals surface area contributed by atoms with Crippen molar-refractivity contribution >= 4 is 83.6 Å². The number of benzene rings is 2. The van der Waals surface area contributed by atoms with Gasteiger partial charge in [-0.05, 0) is 35.0 Å². The number of carbonyl (C=O) groups is 5. The van der Waals surface area contributed by atoms with Crippen molar-refractivity contribution in [2.24, 2.45) is 0 Å². The summed E-state index contributed by atoms with van der Waals surface area (Å²) in [7, 11) is 2.99. The number of nitrogens with one attached hydrogen (secondary N) is 2. The molecule has 0 saturated carbocycles. The Bertz CT molecular complexity index is 1690. The van der Waals surface area contributed by atoms with E-state index in [-0.39, 0.29) is 56.1 Å². The summed E-state index contributed by atoms with van der Waals surface area (Å²) < 4.78 is 12.5. The summed E-state index contributed by atoms with van der Waals surface area (Å²) in [6, 6.07) is 10.5. The fourth-order valence-corrected chi connectivity index (χ4v) is 6.28. The number of ether oxygens (including phenoxy) is 2. The number of anilines is 2. The lowest BCUT2D eigenvalue weighted by Crippen LogP contribution is -2.17. The van der Waals surface area contributed by atoms with Crippen LogP contribution < -0.4 is 20.1 Å². The third-order valence-electron chi connectivity index (χ3n) is 6.30. The van der Waals surface area contributed by atoms with Crippen molar-refractivity contribution in [3.63, 3.8) is 0 Å². The van der Waals surface area contributed by atoms with Crippen LogP contribution in [0, 0.1) is 0 Å². The second kappa shape index (κ2) is 13.4. The zero-order valence-electron chi connectivity index (χ0n) is 22.8. The topological polar surface area (TPSA) is 168 Å². The van der Waals surface area contributed by atoms with Crippen molar-refractivity contribution in [2.45, 2.75) is 32.1 Å². The molecule has 42 heavy (non-hydrogen) atoms. The number of ketones is 2. The molecule has 1 amide bonds. The van der Waals surface area contributed by atoms with E-state index in [2.05, 4.69) is 10.6 Å². The highest BCUT2D eigenvalue weighted by Gasteiger charge is 2.17. The maximum atomic E-state index is 12.8. The second-order valence-corrected chi connectivity index (χ2v) is 11.4. The van der Waals surface area contributed by atoms with E-state index in [1.54, 1.807) is 30.3 Å². The Morgan fingerprint density at radius 1 is 0.667 bits per heavy atom. The Labute approximate surface area is 248 Å². The minimum absolute atomic E-state index is 0.0737. The van der Waals surface area contributed by atoms with Gasteiger partial charge >= 0.3 is 11.9 Å². The van der Waals surface area contributed by atoms with Crippen LogP contribution in [0.3, 0.4) is 0 Å². The Morgan fingerprint density at radius 2 is 1.14 bits per heavy atom. The van der Waals surface area contributed by atoms with Gasteiger partial charge < -0.3 is 30.3 Å². The SMILES string of the molecule is COc1cc2sc(C(=O)CCC(=O)O)cc2cc1NCCC(=O)Nc1cc2cc(C(=O)CCC(=O)O)sc2cc1OC. The summed E-state index contributed by atoms with van der Waals surface area (Å²) in [5.74, 6) is -1.88. The molecule has 2 aromatic carbocycles. The molecule has 2 aromatic heterocycles. The summed E-state index contributed by atoms with van der Waals surface area (Å²) in [5, 5.41) is 25.2. The van der Waals surface area contributed by atoms with E-state index in [9.17, 15) is 24.0 Å². The summed E-state index contributed by atoms with van der Waals surface area (Å²) in [6.07, 6.45) is -0.531. The van der Waals surface area contributed by atoms with Gasteiger partial charge in [0.25, 0.3) is 0 Å². The zero-order valence-corrected chi connectivity index (χ0v) is 24.4. The molecule has 11 nitrogen and oxygen atoms in total. The standard InChI is InChI=1S/C29H28N2O9S2/c1-39-21-13-23-15(11-25(41-23)19(32)3-5-28(35)36)9-17(21)30-8-7-27(34)31-18-10-16-12-26(20(33)4-6-29(37)38)42-24(16)14-22(18)40-2/h9-14,30H,3-8H2,1-2H3,(H,31,34)(H,35,36)(H,37,38). The van der Waals surface area contributed by atoms with Crippen molar-refractivity contribution in [1.82, 2.24) is 0 Å². The first-order valence-corrected chi connectivity index (χ1v) is 14.5. The van der Waals surface area contributed by atoms with Gasteiger partial charge in [0.2, 0.25) is 5.91 Å². The van der Waals surface area contributed by atoms with Crippen LogP contribution in [0.1, 0.15) is 51.4 Å². The average molecular weight is 613 g/mol. The minimum atomic E-state index is -1.04. The number of carboxylic acids is 2. The Hall–Kier alpha value is -4.49. The van der Waals surface area contributed by atoms with Crippen LogP contribution in [0.15, 0.2) is 36.4 Å². The number of carboxylic acid groups (broad SMARTS) is 2. The van der Waals surface area contributed by atoms with Gasteiger partial charge in [0.05, 0.1) is 48.2 Å². The molecule has 0 aliphatic rings. The van der Waals surface area contributed by atoms with E-state index in [0.29, 0.717) is 32.6 Å². The zero-order chi connectivity index (χ0) is 30.4. The predicted octanol–water partition coefficient (Wildman–Crippen LogP) is 5.67. The lowest BCUT2D eigenvalue weighted by Gasteiger charge is -2.13. The highest BCUT2D eigenvalue weighted by molar-refractivity contribution is 7.21. The monoisotopic (exact) mass is 612 g/mol. The number of hydrogen-bond acceptors (Lipinski definition) is 10. The average Bonchev–Trinajstić information content (AvgIpc) is 3.57. The van der Waals surface area contributed by atoms with Gasteiger partial charge in [-0.3, -0.25) is 24.0 Å². The number of fused-ring (bicyclic) bond motifs is 2. The molecule has 0 radical (unpaired) electrons. The summed E-state index contributed by atoms with van der Waals surface area (Å²) in [6.45, 7) is 0.271. The molecule has 0 spiro atoms. The maximum absolute atomic E-state index is 12.8. The van der Waals surface area contributed by atoms with Crippen LogP contribution in [-0.4, -0.2) is 60.4 Å². The fourth-order valence-electron chi connectivity index (χ4n) is 4.20. The Kier molecular flexibility index (Phi) is 9.76. The third kappa shape index (κ3) is 7.42. The van der Waals surface area contributed by atoms with Gasteiger partial charge in [-0.1, -0.05) is 0 Å². The number of hydrogen-bond donors (Lipinski definition) is 4. The van der Waals surface area contributed by atoms with Gasteiger partial charge in [-0.25, -0.2) is 0 Å². The van der Waals surface area contributed by atoms with Crippen LogP contribution in [0.4, 0.5) is 11.4 Å². The lowest BCUT2D eigenvalue weighted by molar-refractivity contribution is -0.137. The third-order valence-corrected chi connectivity index (χ3v) is 8.58. The van der Waals surface area contributed by atoms with Crippen LogP contribution >= 0.6 is 22.7 Å². The van der Waals surface area contributed by atoms with E-state index in [1.807, 2.05) is 6.07 Å². The highest BCUT2D eigenvalue weighted by Crippen LogP contribution is 2.37. The lowest BCUT2D eigenvalue weighted by atomic mass is 10.1. The number of aliphatic carboxylic acids is 2. The van der Waals surface area contributed by atoms with Crippen molar-refractivity contribution in [2.75, 3.05) is 31.4 Å². The van der Waals surface area contributed by atoms with E-state index in [0.717, 1.165) is 20.2 Å². The van der Waals surface area contributed by atoms with E-state index < -0.39 is 11.9 Å². The van der Waals surface area contributed by atoms with Crippen molar-refractivity contribution in [3.05, 3.63) is 46.2 Å². The number of carbonyl (C=O) groups excluding carboxylic acids is 3. The van der Waals surface area contributed by atoms with E-state index in [1.165, 1.54) is 36.9 Å². The smallest absolute Gasteiger partial charge is 0.303 e. The molecule has 0 aliphatic heterocycles. The number of methoxy groups -OCH3 is 2. The number of amides is 1. The van der Waals surface area contributed by atoms with Crippen LogP contribution in [0.2, 0.25) is 0 Å². The quantitative estimate of drug-likeness (QED) is 0.123. The number of thiophene rings is 2. The molecule has 13 heteroatoms. The molecule has 4 aromatic rings. The van der Waals surface area contributed by atoms with Gasteiger partial charge in [0.1, 0.15) is 11.5 Å². The molecular formula is C29H28N2O9S2. The Morgan fingerprint density at radius 3 is 1.62 bits per heavy atom. The van der Waals surface area contributed by atoms with Gasteiger partial charge in [-0.2, -0.15) is 0 Å². The highest BCUT2D eigenvalue weighted by atomic mass is 32.1. The number of Topliss-reactive ketones (excluding diaryl/α,β-unsaturated/α-hetero) is 2. The molecule has 0 atom stereocenters. The number of rotatable bonds is 15. The normalized spacial score (nSPS) is 10.9. The van der Waals surface area contributed by atoms with Crippen LogP contribution in [0.5, 0.6) is 11.5 Å². The molecule has 0 unspecified atom stereocenters.